The molecule has 6 heteroatoms. The molecular weight excluding hydrogens is 302 g/mol. The summed E-state index contributed by atoms with van der Waals surface area (Å²) in [7, 11) is 0. The first-order chi connectivity index (χ1) is 11.7. The van der Waals surface area contributed by atoms with E-state index in [0.717, 1.165) is 18.9 Å². The van der Waals surface area contributed by atoms with Crippen LogP contribution in [0.2, 0.25) is 0 Å². The molecular formula is C18H19N5O. The average Bonchev–Trinajstić information content (AvgIpc) is 3.19. The van der Waals surface area contributed by atoms with E-state index in [1.165, 1.54) is 11.1 Å². The number of aliphatic hydroxyl groups is 1. The SMILES string of the molecule is N#CCC1(O)CCN(c2nccc(N3Cc4ccccc4C3)n2)C1. The lowest BCUT2D eigenvalue weighted by Gasteiger charge is -2.22. The number of rotatable bonds is 3. The minimum Gasteiger partial charge on any atom is -0.387 e. The Balaban J connectivity index is 1.53. The van der Waals surface area contributed by atoms with E-state index < -0.39 is 5.60 Å². The molecule has 1 aromatic carbocycles. The molecule has 2 aliphatic heterocycles. The van der Waals surface area contributed by atoms with E-state index >= 15 is 0 Å². The van der Waals surface area contributed by atoms with Gasteiger partial charge < -0.3 is 14.9 Å². The van der Waals surface area contributed by atoms with Crippen LogP contribution in [0.5, 0.6) is 0 Å². The standard InChI is InChI=1S/C18H19N5O/c19-8-6-18(24)7-10-22(13-18)17-20-9-5-16(21-17)23-11-14-3-1-2-4-15(14)12-23/h1-5,9,24H,6-7,10-13H2. The van der Waals surface area contributed by atoms with Crippen LogP contribution in [0.3, 0.4) is 0 Å². The number of nitriles is 1. The van der Waals surface area contributed by atoms with Crippen molar-refractivity contribution in [1.82, 2.24) is 9.97 Å². The Labute approximate surface area is 141 Å². The van der Waals surface area contributed by atoms with Crippen molar-refractivity contribution in [3.05, 3.63) is 47.7 Å². The molecule has 0 amide bonds. The minimum absolute atomic E-state index is 0.143. The summed E-state index contributed by atoms with van der Waals surface area (Å²) in [6, 6.07) is 12.4. The fraction of sp³-hybridized carbons (Fsp3) is 0.389. The van der Waals surface area contributed by atoms with E-state index in [0.29, 0.717) is 25.5 Å². The molecule has 0 spiro atoms. The van der Waals surface area contributed by atoms with Gasteiger partial charge in [-0.3, -0.25) is 0 Å². The normalized spacial score (nSPS) is 22.5. The second-order valence-corrected chi connectivity index (χ2v) is 6.57. The zero-order valence-electron chi connectivity index (χ0n) is 13.4. The van der Waals surface area contributed by atoms with Crippen LogP contribution >= 0.6 is 0 Å². The third kappa shape index (κ3) is 2.68. The summed E-state index contributed by atoms with van der Waals surface area (Å²) in [5.41, 5.74) is 1.72. The third-order valence-corrected chi connectivity index (χ3v) is 4.82. The molecule has 0 bridgehead atoms. The van der Waals surface area contributed by atoms with Gasteiger partial charge in [0.1, 0.15) is 5.82 Å². The highest BCUT2D eigenvalue weighted by molar-refractivity contribution is 5.49. The van der Waals surface area contributed by atoms with Gasteiger partial charge in [-0.15, -0.1) is 0 Å². The number of hydrogen-bond donors (Lipinski definition) is 1. The molecule has 6 nitrogen and oxygen atoms in total. The molecule has 24 heavy (non-hydrogen) atoms. The molecule has 1 N–H and O–H groups in total. The zero-order chi connectivity index (χ0) is 16.6. The molecule has 0 aliphatic carbocycles. The van der Waals surface area contributed by atoms with E-state index in [4.69, 9.17) is 10.2 Å². The van der Waals surface area contributed by atoms with Crippen LogP contribution in [0, 0.1) is 11.3 Å². The summed E-state index contributed by atoms with van der Waals surface area (Å²) in [6.07, 6.45) is 2.48. The molecule has 2 aromatic rings. The Kier molecular flexibility index (Phi) is 3.58. The highest BCUT2D eigenvalue weighted by Crippen LogP contribution is 2.30. The van der Waals surface area contributed by atoms with E-state index in [1.807, 2.05) is 11.0 Å². The number of nitrogens with zero attached hydrogens (tertiary/aromatic N) is 5. The maximum atomic E-state index is 10.4. The first-order valence-electron chi connectivity index (χ1n) is 8.16. The molecule has 1 aromatic heterocycles. The van der Waals surface area contributed by atoms with E-state index in [1.54, 1.807) is 6.20 Å². The molecule has 1 atom stereocenters. The predicted molar refractivity (Wildman–Crippen MR) is 90.4 cm³/mol. The average molecular weight is 321 g/mol. The topological polar surface area (TPSA) is 76.3 Å². The Hall–Kier alpha value is -2.65. The van der Waals surface area contributed by atoms with Crippen LogP contribution in [-0.2, 0) is 13.1 Å². The molecule has 1 fully saturated rings. The highest BCUT2D eigenvalue weighted by Gasteiger charge is 2.37. The van der Waals surface area contributed by atoms with Crippen molar-refractivity contribution in [2.45, 2.75) is 31.5 Å². The second-order valence-electron chi connectivity index (χ2n) is 6.57. The highest BCUT2D eigenvalue weighted by atomic mass is 16.3. The molecule has 0 saturated carbocycles. The quantitative estimate of drug-likeness (QED) is 0.930. The number of anilines is 2. The summed E-state index contributed by atoms with van der Waals surface area (Å²) >= 11 is 0. The van der Waals surface area contributed by atoms with Crippen LogP contribution in [0.1, 0.15) is 24.0 Å². The Morgan fingerprint density at radius 3 is 2.62 bits per heavy atom. The number of hydrogen-bond acceptors (Lipinski definition) is 6. The van der Waals surface area contributed by atoms with Gasteiger partial charge in [0.25, 0.3) is 0 Å². The lowest BCUT2D eigenvalue weighted by Crippen LogP contribution is -2.33. The molecule has 2 aliphatic rings. The Morgan fingerprint density at radius 2 is 1.92 bits per heavy atom. The lowest BCUT2D eigenvalue weighted by atomic mass is 10.0. The van der Waals surface area contributed by atoms with Crippen molar-refractivity contribution in [3.8, 4) is 6.07 Å². The number of β-amino-alcohol motifs (C(OH)–C–C–N with tert-alkyl or cyclic N) is 1. The van der Waals surface area contributed by atoms with Gasteiger partial charge in [-0.1, -0.05) is 24.3 Å². The minimum atomic E-state index is -0.946. The monoisotopic (exact) mass is 321 g/mol. The van der Waals surface area contributed by atoms with Gasteiger partial charge in [0, 0.05) is 25.8 Å². The van der Waals surface area contributed by atoms with Gasteiger partial charge in [0.15, 0.2) is 0 Å². The van der Waals surface area contributed by atoms with Gasteiger partial charge in [0.05, 0.1) is 24.6 Å². The lowest BCUT2D eigenvalue weighted by molar-refractivity contribution is 0.0683. The van der Waals surface area contributed by atoms with Crippen LogP contribution < -0.4 is 9.80 Å². The van der Waals surface area contributed by atoms with Gasteiger partial charge in [0.2, 0.25) is 5.95 Å². The fourth-order valence-corrected chi connectivity index (χ4v) is 3.48. The maximum Gasteiger partial charge on any atom is 0.227 e. The second kappa shape index (κ2) is 5.77. The van der Waals surface area contributed by atoms with Crippen molar-refractivity contribution in [2.75, 3.05) is 22.9 Å². The molecule has 1 unspecified atom stereocenters. The smallest absolute Gasteiger partial charge is 0.227 e. The van der Waals surface area contributed by atoms with Crippen molar-refractivity contribution in [1.29, 1.82) is 5.26 Å². The summed E-state index contributed by atoms with van der Waals surface area (Å²) in [5, 5.41) is 19.2. The fourth-order valence-electron chi connectivity index (χ4n) is 3.48. The predicted octanol–water partition coefficient (Wildman–Crippen LogP) is 1.85. The molecule has 122 valence electrons. The van der Waals surface area contributed by atoms with Crippen molar-refractivity contribution in [2.24, 2.45) is 0 Å². The molecule has 4 rings (SSSR count). The molecule has 3 heterocycles. The zero-order valence-corrected chi connectivity index (χ0v) is 13.4. The van der Waals surface area contributed by atoms with Crippen LogP contribution in [0.15, 0.2) is 36.5 Å². The van der Waals surface area contributed by atoms with E-state index in [9.17, 15) is 5.11 Å². The van der Waals surface area contributed by atoms with Crippen LogP contribution in [0.25, 0.3) is 0 Å². The van der Waals surface area contributed by atoms with E-state index in [2.05, 4.69) is 40.2 Å². The summed E-state index contributed by atoms with van der Waals surface area (Å²) in [4.78, 5) is 13.2. The van der Waals surface area contributed by atoms with Gasteiger partial charge >= 0.3 is 0 Å². The van der Waals surface area contributed by atoms with Gasteiger partial charge in [-0.2, -0.15) is 10.2 Å². The van der Waals surface area contributed by atoms with Crippen LogP contribution in [0.4, 0.5) is 11.8 Å². The van der Waals surface area contributed by atoms with E-state index in [-0.39, 0.29) is 6.42 Å². The Morgan fingerprint density at radius 1 is 1.17 bits per heavy atom. The van der Waals surface area contributed by atoms with Gasteiger partial charge in [-0.25, -0.2) is 4.98 Å². The number of aromatic nitrogens is 2. The first kappa shape index (κ1) is 14.9. The largest absolute Gasteiger partial charge is 0.387 e. The summed E-state index contributed by atoms with van der Waals surface area (Å²) < 4.78 is 0. The number of fused-ring (bicyclic) bond motifs is 1. The number of benzene rings is 1. The maximum absolute atomic E-state index is 10.4. The molecule has 0 radical (unpaired) electrons. The van der Waals surface area contributed by atoms with Crippen LogP contribution in [-0.4, -0.2) is 33.8 Å². The van der Waals surface area contributed by atoms with Crippen molar-refractivity contribution in [3.63, 3.8) is 0 Å². The summed E-state index contributed by atoms with van der Waals surface area (Å²) in [5.74, 6) is 1.52. The Bertz CT molecular complexity index is 777. The third-order valence-electron chi connectivity index (χ3n) is 4.82. The van der Waals surface area contributed by atoms with Gasteiger partial charge in [-0.05, 0) is 23.6 Å². The summed E-state index contributed by atoms with van der Waals surface area (Å²) in [6.45, 7) is 2.78. The first-order valence-corrected chi connectivity index (χ1v) is 8.16. The van der Waals surface area contributed by atoms with Crippen molar-refractivity contribution >= 4 is 11.8 Å². The molecule has 1 saturated heterocycles. The van der Waals surface area contributed by atoms with Crippen molar-refractivity contribution < 1.29 is 5.11 Å².